The van der Waals surface area contributed by atoms with Crippen LogP contribution in [0.3, 0.4) is 0 Å². The van der Waals surface area contributed by atoms with Crippen LogP contribution < -0.4 is 0 Å². The van der Waals surface area contributed by atoms with Crippen LogP contribution in [-0.2, 0) is 11.2 Å². The molecule has 0 saturated carbocycles. The molecule has 2 aromatic carbocycles. The molecule has 0 aliphatic heterocycles. The highest BCUT2D eigenvalue weighted by atomic mass is 35.5. The van der Waals surface area contributed by atoms with E-state index in [1.807, 2.05) is 0 Å². The number of hydrogen-bond acceptors (Lipinski definition) is 1. The molecule has 0 aromatic heterocycles. The van der Waals surface area contributed by atoms with Gasteiger partial charge in [-0.2, -0.15) is 13.2 Å². The minimum absolute atomic E-state index is 0.0391. The van der Waals surface area contributed by atoms with E-state index in [0.29, 0.717) is 5.41 Å². The van der Waals surface area contributed by atoms with Crippen LogP contribution >= 0.6 is 34.8 Å². The predicted octanol–water partition coefficient (Wildman–Crippen LogP) is 6.36. The van der Waals surface area contributed by atoms with Crippen LogP contribution in [0.1, 0.15) is 5.56 Å². The maximum atomic E-state index is 13.3. The van der Waals surface area contributed by atoms with Gasteiger partial charge in [-0.05, 0) is 29.8 Å². The van der Waals surface area contributed by atoms with Gasteiger partial charge in [0.1, 0.15) is 11.0 Å². The zero-order valence-corrected chi connectivity index (χ0v) is 14.3. The number of allylic oxidation sites excluding steroid dienone is 1. The summed E-state index contributed by atoms with van der Waals surface area (Å²) < 4.78 is 52.1. The van der Waals surface area contributed by atoms with E-state index in [1.54, 1.807) is 18.2 Å². The first kappa shape index (κ1) is 18.5. The molecule has 0 amide bonds. The van der Waals surface area contributed by atoms with Crippen LogP contribution in [0, 0.1) is 0 Å². The molecule has 0 spiro atoms. The molecule has 1 nitrogen and oxygen atoms in total. The molecule has 122 valence electrons. The lowest BCUT2D eigenvalue weighted by molar-refractivity contribution is -0.0688. The smallest absolute Gasteiger partial charge is 0.421 e. The number of benzene rings is 2. The number of alkyl halides is 3. The molecule has 0 aliphatic rings. The van der Waals surface area contributed by atoms with E-state index in [4.69, 9.17) is 34.8 Å². The van der Waals surface area contributed by atoms with Gasteiger partial charge in [0, 0.05) is 11.2 Å². The minimum atomic E-state index is -4.73. The van der Waals surface area contributed by atoms with Gasteiger partial charge >= 0.3 is 6.18 Å². The zero-order chi connectivity index (χ0) is 17.2. The Morgan fingerprint density at radius 1 is 1.00 bits per heavy atom. The lowest BCUT2D eigenvalue weighted by Gasteiger charge is -2.14. The van der Waals surface area contributed by atoms with E-state index in [-0.39, 0.29) is 25.5 Å². The maximum absolute atomic E-state index is 13.3. The summed E-state index contributed by atoms with van der Waals surface area (Å²) in [7, 11) is 0. The Labute approximate surface area is 148 Å². The molecule has 8 heteroatoms. The topological polar surface area (TPSA) is 23.1 Å². The standard InChI is InChI=1S/C15H8Cl3F3OS/c16-12-6-9(7-13(17)14(12)18)11(15(19,20)21)8-23(22)10-4-2-1-3-5-10/h1-8H/b11-8-. The second kappa shape index (κ2) is 7.36. The molecule has 0 aliphatic carbocycles. The van der Waals surface area contributed by atoms with Crippen LogP contribution in [0.15, 0.2) is 52.8 Å². The van der Waals surface area contributed by atoms with Gasteiger partial charge in [0.2, 0.25) is 0 Å². The lowest BCUT2D eigenvalue weighted by atomic mass is 10.1. The Morgan fingerprint density at radius 3 is 2.00 bits per heavy atom. The first-order valence-electron chi connectivity index (χ1n) is 6.09. The minimum Gasteiger partial charge on any atom is -0.607 e. The van der Waals surface area contributed by atoms with Gasteiger partial charge in [-0.25, -0.2) is 0 Å². The van der Waals surface area contributed by atoms with Crippen LogP contribution in [0.25, 0.3) is 5.57 Å². The Kier molecular flexibility index (Phi) is 5.92. The molecule has 2 rings (SSSR count). The molecule has 0 radical (unpaired) electrons. The summed E-state index contributed by atoms with van der Waals surface area (Å²) in [5, 5.41) is 0.359. The van der Waals surface area contributed by atoms with Crippen molar-refractivity contribution in [2.24, 2.45) is 0 Å². The molecular formula is C15H8Cl3F3OS. The Morgan fingerprint density at radius 2 is 1.52 bits per heavy atom. The molecule has 0 saturated heterocycles. The van der Waals surface area contributed by atoms with E-state index in [1.165, 1.54) is 12.1 Å². The highest BCUT2D eigenvalue weighted by Crippen LogP contribution is 2.40. The van der Waals surface area contributed by atoms with E-state index < -0.39 is 22.9 Å². The van der Waals surface area contributed by atoms with E-state index in [9.17, 15) is 17.7 Å². The summed E-state index contributed by atoms with van der Waals surface area (Å²) in [5.41, 5.74) is -1.40. The molecule has 2 aromatic rings. The monoisotopic (exact) mass is 398 g/mol. The molecule has 0 fully saturated rings. The highest BCUT2D eigenvalue weighted by molar-refractivity contribution is 7.94. The van der Waals surface area contributed by atoms with Gasteiger partial charge in [0.05, 0.1) is 15.1 Å². The molecular weight excluding hydrogens is 392 g/mol. The molecule has 0 N–H and O–H groups in total. The summed E-state index contributed by atoms with van der Waals surface area (Å²) >= 11 is 15.3. The summed E-state index contributed by atoms with van der Waals surface area (Å²) in [6, 6.07) is 9.88. The first-order chi connectivity index (χ1) is 10.7. The van der Waals surface area contributed by atoms with Crippen LogP contribution in [0.2, 0.25) is 15.1 Å². The van der Waals surface area contributed by atoms with E-state index >= 15 is 0 Å². The van der Waals surface area contributed by atoms with Crippen molar-refractivity contribution in [2.45, 2.75) is 11.1 Å². The van der Waals surface area contributed by atoms with Gasteiger partial charge in [-0.3, -0.25) is 0 Å². The van der Waals surface area contributed by atoms with Gasteiger partial charge in [-0.1, -0.05) is 53.0 Å². The number of hydrogen-bond donors (Lipinski definition) is 0. The van der Waals surface area contributed by atoms with Gasteiger partial charge in [0.15, 0.2) is 4.90 Å². The van der Waals surface area contributed by atoms with Crippen LogP contribution in [-0.4, -0.2) is 10.7 Å². The van der Waals surface area contributed by atoms with Crippen molar-refractivity contribution in [3.05, 3.63) is 68.5 Å². The van der Waals surface area contributed by atoms with Crippen molar-refractivity contribution in [1.29, 1.82) is 0 Å². The number of halogens is 6. The van der Waals surface area contributed by atoms with E-state index in [2.05, 4.69) is 0 Å². The number of rotatable bonds is 3. The Balaban J connectivity index is 2.53. The fourth-order valence-electron chi connectivity index (χ4n) is 1.74. The van der Waals surface area contributed by atoms with Crippen LogP contribution in [0.4, 0.5) is 13.2 Å². The van der Waals surface area contributed by atoms with Crippen molar-refractivity contribution in [3.8, 4) is 0 Å². The third-order valence-electron chi connectivity index (χ3n) is 2.80. The first-order valence-corrected chi connectivity index (χ1v) is 8.44. The van der Waals surface area contributed by atoms with Gasteiger partial charge < -0.3 is 4.55 Å². The van der Waals surface area contributed by atoms with Gasteiger partial charge in [0.25, 0.3) is 0 Å². The largest absolute Gasteiger partial charge is 0.607 e. The fourth-order valence-corrected chi connectivity index (χ4v) is 3.38. The molecule has 23 heavy (non-hydrogen) atoms. The Bertz CT molecular complexity index is 709. The zero-order valence-electron chi connectivity index (χ0n) is 11.2. The second-order valence-corrected chi connectivity index (χ2v) is 6.89. The normalized spacial score (nSPS) is 14.0. The highest BCUT2D eigenvalue weighted by Gasteiger charge is 2.37. The third kappa shape index (κ3) is 4.58. The summed E-state index contributed by atoms with van der Waals surface area (Å²) in [4.78, 5) is 0.250. The van der Waals surface area contributed by atoms with E-state index in [0.717, 1.165) is 12.1 Å². The second-order valence-electron chi connectivity index (χ2n) is 4.39. The van der Waals surface area contributed by atoms with Crippen molar-refractivity contribution in [3.63, 3.8) is 0 Å². The van der Waals surface area contributed by atoms with Crippen molar-refractivity contribution < 1.29 is 17.7 Å². The third-order valence-corrected chi connectivity index (χ3v) is 5.18. The Hall–Kier alpha value is -0.850. The molecule has 1 unspecified atom stereocenters. The quantitative estimate of drug-likeness (QED) is 0.435. The maximum Gasteiger partial charge on any atom is 0.421 e. The van der Waals surface area contributed by atoms with Crippen molar-refractivity contribution >= 4 is 51.6 Å². The average Bonchev–Trinajstić information content (AvgIpc) is 2.49. The fraction of sp³-hybridized carbons (Fsp3) is 0.0667. The summed E-state index contributed by atoms with van der Waals surface area (Å²) in [6.07, 6.45) is -4.73. The van der Waals surface area contributed by atoms with Crippen molar-refractivity contribution in [1.82, 2.24) is 0 Å². The predicted molar refractivity (Wildman–Crippen MR) is 88.4 cm³/mol. The summed E-state index contributed by atoms with van der Waals surface area (Å²) in [6.45, 7) is 0. The van der Waals surface area contributed by atoms with Gasteiger partial charge in [-0.15, -0.1) is 0 Å². The molecule has 0 heterocycles. The lowest BCUT2D eigenvalue weighted by Crippen LogP contribution is -2.13. The average molecular weight is 400 g/mol. The SMILES string of the molecule is [O-][S+](/C=C(/c1cc(Cl)c(Cl)c(Cl)c1)C(F)(F)F)c1ccccc1. The summed E-state index contributed by atoms with van der Waals surface area (Å²) in [5.74, 6) is 0. The van der Waals surface area contributed by atoms with Crippen LogP contribution in [0.5, 0.6) is 0 Å². The van der Waals surface area contributed by atoms with Crippen molar-refractivity contribution in [2.75, 3.05) is 0 Å². The molecule has 1 atom stereocenters. The molecule has 0 bridgehead atoms.